The first-order valence-corrected chi connectivity index (χ1v) is 8.62. The van der Waals surface area contributed by atoms with Crippen molar-refractivity contribution in [3.05, 3.63) is 0 Å². The molecule has 0 aliphatic heterocycles. The van der Waals surface area contributed by atoms with Crippen LogP contribution in [-0.2, 0) is 43.2 Å². The van der Waals surface area contributed by atoms with Crippen LogP contribution in [0.1, 0.15) is 54.4 Å². The normalized spacial score (nSPS) is 7.66. The van der Waals surface area contributed by atoms with Crippen LogP contribution in [0.25, 0.3) is 0 Å². The van der Waals surface area contributed by atoms with Gasteiger partial charge >= 0.3 is 17.9 Å². The molecular weight excluding hydrogens is 758 g/mol. The zero-order chi connectivity index (χ0) is 32.1. The van der Waals surface area contributed by atoms with Gasteiger partial charge in [0, 0.05) is 66.9 Å². The quantitative estimate of drug-likeness (QED) is 0.201. The summed E-state index contributed by atoms with van der Waals surface area (Å²) in [6, 6.07) is 0. The molecule has 0 bridgehead atoms. The van der Waals surface area contributed by atoms with Gasteiger partial charge in [0.25, 0.3) is 0 Å². The van der Waals surface area contributed by atoms with Crippen molar-refractivity contribution in [3.63, 3.8) is 0 Å². The van der Waals surface area contributed by atoms with Crippen LogP contribution < -0.4 is 30.6 Å². The number of hydrogen-bond donors (Lipinski definition) is 4. The number of rotatable bonds is 5. The molecule has 0 fully saturated rings. The van der Waals surface area contributed by atoms with Crippen LogP contribution in [0, 0.1) is 31.1 Å². The monoisotopic (exact) mass is 784 g/mol. The van der Waals surface area contributed by atoms with Gasteiger partial charge in [-0.2, -0.15) is 0 Å². The molecule has 19 nitrogen and oxygen atoms in total. The van der Waals surface area contributed by atoms with Gasteiger partial charge in [-0.3, -0.25) is 9.59 Å². The molecule has 0 atom stereocenters. The molecule has 0 heterocycles. The van der Waals surface area contributed by atoms with Crippen LogP contribution >= 0.6 is 0 Å². The summed E-state index contributed by atoms with van der Waals surface area (Å²) in [5.74, 6) is -11.5. The molecule has 0 aromatic rings. The van der Waals surface area contributed by atoms with E-state index in [1.54, 1.807) is 0 Å². The SMILES string of the molecule is CC(=O)[O-].CC(=O)[O-].CC(=O)[O-].CC(=O)[O-].CC(=O)[O-].CC(=O)[O-].O=C(O)CC(O)(CC(=O)O)C(=O)O.[U]. The number of aliphatic carboxylic acids is 9. The Hall–Kier alpha value is -3.76. The van der Waals surface area contributed by atoms with E-state index in [4.69, 9.17) is 79.8 Å². The molecule has 0 aliphatic carbocycles. The fourth-order valence-electron chi connectivity index (χ4n) is 0.714. The molecule has 20 heteroatoms. The van der Waals surface area contributed by atoms with E-state index in [1.165, 1.54) is 0 Å². The summed E-state index contributed by atoms with van der Waals surface area (Å²) in [5, 5.41) is 87.1. The smallest absolute Gasteiger partial charge is 0.336 e. The van der Waals surface area contributed by atoms with Gasteiger partial charge in [0.15, 0.2) is 5.60 Å². The minimum absolute atomic E-state index is 0. The Morgan fingerprint density at radius 2 is 0.579 bits per heavy atom. The first kappa shape index (κ1) is 54.9. The van der Waals surface area contributed by atoms with Crippen molar-refractivity contribution >= 4 is 53.7 Å². The summed E-state index contributed by atoms with van der Waals surface area (Å²) >= 11 is 0. The minimum atomic E-state index is -2.74. The maximum Gasteiger partial charge on any atom is 0.336 e. The van der Waals surface area contributed by atoms with E-state index >= 15 is 0 Å². The second-order valence-corrected chi connectivity index (χ2v) is 5.43. The van der Waals surface area contributed by atoms with E-state index in [-0.39, 0.29) is 31.1 Å². The topological polar surface area (TPSA) is 373 Å². The van der Waals surface area contributed by atoms with Crippen LogP contribution in [0.4, 0.5) is 0 Å². The molecule has 0 aromatic carbocycles. The van der Waals surface area contributed by atoms with E-state index in [1.807, 2.05) is 0 Å². The molecule has 0 amide bonds. The first-order valence-electron chi connectivity index (χ1n) is 8.62. The number of carbonyl (C=O) groups excluding carboxylic acids is 6. The molecule has 0 unspecified atom stereocenters. The van der Waals surface area contributed by atoms with Gasteiger partial charge in [0.1, 0.15) is 0 Å². The van der Waals surface area contributed by atoms with Gasteiger partial charge in [-0.05, 0) is 41.5 Å². The van der Waals surface area contributed by atoms with Gasteiger partial charge in [0.05, 0.1) is 12.8 Å². The Bertz CT molecular complexity index is 611. The average Bonchev–Trinajstić information content (AvgIpc) is 2.49. The van der Waals surface area contributed by atoms with Gasteiger partial charge in [-0.1, -0.05) is 0 Å². The second-order valence-electron chi connectivity index (χ2n) is 5.43. The molecule has 38 heavy (non-hydrogen) atoms. The standard InChI is InChI=1S/C6H8O7.6C2H4O2.U/c7-3(8)1-6(13,5(11)12)2-4(9)10;6*1-2(3)4;/h13H,1-2H2,(H,7,8)(H,9,10)(H,11,12);6*1H3,(H,3,4);/p-6. The summed E-state index contributed by atoms with van der Waals surface area (Å²) in [6.07, 6.45) is -2.29. The maximum absolute atomic E-state index is 10.3. The number of carboxylic acids is 9. The van der Waals surface area contributed by atoms with E-state index in [2.05, 4.69) is 0 Å². The zero-order valence-corrected chi connectivity index (χ0v) is 25.0. The number of carbonyl (C=O) groups is 9. The van der Waals surface area contributed by atoms with E-state index in [9.17, 15) is 14.4 Å². The molecule has 222 valence electrons. The van der Waals surface area contributed by atoms with Crippen molar-refractivity contribution in [2.75, 3.05) is 0 Å². The third-order valence-electron chi connectivity index (χ3n) is 1.29. The van der Waals surface area contributed by atoms with Crippen molar-refractivity contribution in [2.24, 2.45) is 0 Å². The van der Waals surface area contributed by atoms with Crippen LogP contribution in [-0.4, -0.2) is 79.8 Å². The van der Waals surface area contributed by atoms with Gasteiger partial charge in [-0.15, -0.1) is 0 Å². The summed E-state index contributed by atoms with van der Waals surface area (Å²) in [5.41, 5.74) is -2.74. The number of carboxylic acid groups (broad SMARTS) is 9. The van der Waals surface area contributed by atoms with Crippen molar-refractivity contribution in [1.82, 2.24) is 0 Å². The van der Waals surface area contributed by atoms with Crippen molar-refractivity contribution < 1.29 is 125 Å². The molecule has 0 rings (SSSR count). The Morgan fingerprint density at radius 3 is 0.632 bits per heavy atom. The molecule has 0 aliphatic rings. The molecule has 0 saturated carbocycles. The first-order chi connectivity index (χ1) is 16.2. The van der Waals surface area contributed by atoms with E-state index < -0.39 is 72.2 Å². The maximum atomic E-state index is 10.3. The zero-order valence-electron chi connectivity index (χ0n) is 20.8. The van der Waals surface area contributed by atoms with E-state index in [0.717, 1.165) is 41.5 Å². The predicted octanol–water partition coefficient (Wildman–Crippen LogP) is -8.71. The molecule has 0 saturated heterocycles. The molecular formula is C18H26O19U-6. The Kier molecular flexibility index (Phi) is 51.2. The Morgan fingerprint density at radius 1 is 0.474 bits per heavy atom. The van der Waals surface area contributed by atoms with Gasteiger partial charge in [0.2, 0.25) is 0 Å². The van der Waals surface area contributed by atoms with Crippen molar-refractivity contribution in [1.29, 1.82) is 0 Å². The van der Waals surface area contributed by atoms with Crippen LogP contribution in [0.3, 0.4) is 0 Å². The van der Waals surface area contributed by atoms with Crippen LogP contribution in [0.5, 0.6) is 0 Å². The number of aliphatic hydroxyl groups is 1. The molecule has 4 N–H and O–H groups in total. The third kappa shape index (κ3) is 210. The predicted molar refractivity (Wildman–Crippen MR) is 101 cm³/mol. The summed E-state index contributed by atoms with van der Waals surface area (Å²) < 4.78 is 0. The minimum Gasteiger partial charge on any atom is -0.550 e. The van der Waals surface area contributed by atoms with Gasteiger partial charge in [-0.25, -0.2) is 4.79 Å². The van der Waals surface area contributed by atoms with Crippen LogP contribution in [0.2, 0.25) is 0 Å². The fourth-order valence-corrected chi connectivity index (χ4v) is 0.714. The third-order valence-corrected chi connectivity index (χ3v) is 1.29. The molecule has 0 radical (unpaired) electrons. The average molecular weight is 784 g/mol. The summed E-state index contributed by atoms with van der Waals surface area (Å²) in [4.78, 5) is 83.8. The Labute approximate surface area is 238 Å². The van der Waals surface area contributed by atoms with E-state index in [0.29, 0.717) is 0 Å². The van der Waals surface area contributed by atoms with Crippen LogP contribution in [0.15, 0.2) is 0 Å². The Balaban J connectivity index is -0.0000000505. The second kappa shape index (κ2) is 35.4. The van der Waals surface area contributed by atoms with Gasteiger partial charge < -0.3 is 79.8 Å². The molecule has 0 aromatic heterocycles. The molecule has 0 spiro atoms. The number of hydrogen-bond acceptors (Lipinski definition) is 16. The largest absolute Gasteiger partial charge is 0.550 e. The van der Waals surface area contributed by atoms with Crippen molar-refractivity contribution in [2.45, 2.75) is 60.0 Å². The fraction of sp³-hybridized carbons (Fsp3) is 0.500. The summed E-state index contributed by atoms with van der Waals surface area (Å²) in [6.45, 7) is 5.83. The van der Waals surface area contributed by atoms with Crippen molar-refractivity contribution in [3.8, 4) is 0 Å². The summed E-state index contributed by atoms with van der Waals surface area (Å²) in [7, 11) is 0.